The van der Waals surface area contributed by atoms with Gasteiger partial charge in [0.15, 0.2) is 5.76 Å². The fourth-order valence-corrected chi connectivity index (χ4v) is 1.83. The zero-order valence-electron chi connectivity index (χ0n) is 7.23. The molecule has 0 N–H and O–H groups in total. The molecule has 0 aliphatic rings. The van der Waals surface area contributed by atoms with E-state index in [1.165, 1.54) is 0 Å². The maximum atomic E-state index is 5.20. The summed E-state index contributed by atoms with van der Waals surface area (Å²) in [5, 5.41) is 3.90. The van der Waals surface area contributed by atoms with Crippen molar-refractivity contribution in [1.82, 2.24) is 5.16 Å². The van der Waals surface area contributed by atoms with Crippen molar-refractivity contribution in [1.29, 1.82) is 0 Å². The highest BCUT2D eigenvalue weighted by molar-refractivity contribution is 14.1. The highest BCUT2D eigenvalue weighted by Crippen LogP contribution is 2.28. The Bertz CT molecular complexity index is 260. The minimum Gasteiger partial charge on any atom is -0.359 e. The van der Waals surface area contributed by atoms with Gasteiger partial charge in [-0.2, -0.15) is 0 Å². The average Bonchev–Trinajstić information content (AvgIpc) is 2.11. The van der Waals surface area contributed by atoms with Crippen molar-refractivity contribution in [2.45, 2.75) is 33.1 Å². The summed E-state index contributed by atoms with van der Waals surface area (Å²) in [7, 11) is 0. The van der Waals surface area contributed by atoms with Gasteiger partial charge in [-0.3, -0.25) is 0 Å². The van der Waals surface area contributed by atoms with Crippen LogP contribution in [0.1, 0.15) is 32.2 Å². The molecule has 3 heteroatoms. The molecule has 2 nitrogen and oxygen atoms in total. The summed E-state index contributed by atoms with van der Waals surface area (Å²) in [4.78, 5) is 0. The number of hydrogen-bond donors (Lipinski definition) is 0. The van der Waals surface area contributed by atoms with Gasteiger partial charge in [-0.15, -0.1) is 0 Å². The summed E-state index contributed by atoms with van der Waals surface area (Å²) >= 11 is 2.27. The van der Waals surface area contributed by atoms with E-state index in [0.717, 1.165) is 15.0 Å². The summed E-state index contributed by atoms with van der Waals surface area (Å²) < 4.78 is 6.35. The van der Waals surface area contributed by atoms with E-state index >= 15 is 0 Å². The molecule has 0 bridgehead atoms. The molecule has 1 heterocycles. The van der Waals surface area contributed by atoms with Gasteiger partial charge in [0, 0.05) is 5.41 Å². The number of rotatable bonds is 0. The lowest BCUT2D eigenvalue weighted by molar-refractivity contribution is 0.325. The summed E-state index contributed by atoms with van der Waals surface area (Å²) in [6, 6.07) is 0. The van der Waals surface area contributed by atoms with E-state index in [0.29, 0.717) is 0 Å². The molecule has 0 radical (unpaired) electrons. The zero-order chi connectivity index (χ0) is 8.65. The first-order chi connectivity index (χ1) is 4.93. The first kappa shape index (κ1) is 9.03. The minimum absolute atomic E-state index is 0.0672. The molecule has 0 amide bonds. The average molecular weight is 265 g/mol. The molecule has 1 rings (SSSR count). The van der Waals surface area contributed by atoms with Gasteiger partial charge in [-0.1, -0.05) is 25.9 Å². The first-order valence-electron chi connectivity index (χ1n) is 3.55. The second-order valence-corrected chi connectivity index (χ2v) is 4.74. The summed E-state index contributed by atoms with van der Waals surface area (Å²) in [5.41, 5.74) is 1.05. The number of aromatic nitrogens is 1. The number of halogens is 1. The molecule has 62 valence electrons. The Labute approximate surface area is 80.5 Å². The third-order valence-corrected chi connectivity index (χ3v) is 2.74. The van der Waals surface area contributed by atoms with Crippen LogP contribution < -0.4 is 0 Å². The lowest BCUT2D eigenvalue weighted by Crippen LogP contribution is -2.11. The van der Waals surface area contributed by atoms with Crippen LogP contribution in [0, 0.1) is 10.5 Å². The molecule has 0 saturated heterocycles. The highest BCUT2D eigenvalue weighted by Gasteiger charge is 2.23. The van der Waals surface area contributed by atoms with Crippen LogP contribution in [-0.2, 0) is 5.41 Å². The molecule has 0 unspecified atom stereocenters. The Kier molecular flexibility index (Phi) is 2.27. The Morgan fingerprint density at radius 2 is 1.91 bits per heavy atom. The lowest BCUT2D eigenvalue weighted by atomic mass is 9.93. The Morgan fingerprint density at radius 1 is 1.36 bits per heavy atom. The second kappa shape index (κ2) is 2.77. The van der Waals surface area contributed by atoms with Crippen molar-refractivity contribution in [3.05, 3.63) is 15.0 Å². The van der Waals surface area contributed by atoms with Crippen LogP contribution in [0.4, 0.5) is 0 Å². The molecule has 11 heavy (non-hydrogen) atoms. The van der Waals surface area contributed by atoms with Crippen LogP contribution in [0.2, 0.25) is 0 Å². The van der Waals surface area contributed by atoms with Gasteiger partial charge >= 0.3 is 0 Å². The van der Waals surface area contributed by atoms with Crippen molar-refractivity contribution in [3.63, 3.8) is 0 Å². The maximum Gasteiger partial charge on any atom is 0.155 e. The van der Waals surface area contributed by atoms with Gasteiger partial charge < -0.3 is 4.52 Å². The fraction of sp³-hybridized carbons (Fsp3) is 0.625. The minimum atomic E-state index is 0.0672. The number of aryl methyl sites for hydroxylation is 1. The first-order valence-corrected chi connectivity index (χ1v) is 4.63. The Morgan fingerprint density at radius 3 is 2.09 bits per heavy atom. The van der Waals surface area contributed by atoms with E-state index < -0.39 is 0 Å². The van der Waals surface area contributed by atoms with E-state index in [-0.39, 0.29) is 5.41 Å². The maximum absolute atomic E-state index is 5.20. The highest BCUT2D eigenvalue weighted by atomic mass is 127. The predicted octanol–water partition coefficient (Wildman–Crippen LogP) is 2.89. The van der Waals surface area contributed by atoms with Gasteiger partial charge in [-0.05, 0) is 29.5 Å². The largest absolute Gasteiger partial charge is 0.359 e. The topological polar surface area (TPSA) is 26.0 Å². The van der Waals surface area contributed by atoms with Crippen LogP contribution in [0.25, 0.3) is 0 Å². The van der Waals surface area contributed by atoms with Crippen LogP contribution >= 0.6 is 22.6 Å². The standard InChI is InChI=1S/C8H12INO/c1-5-6(9)7(11-10-5)8(2,3)4/h1-4H3. The zero-order valence-corrected chi connectivity index (χ0v) is 9.39. The van der Waals surface area contributed by atoms with E-state index in [4.69, 9.17) is 4.52 Å². The Hall–Kier alpha value is -0.0600. The summed E-state index contributed by atoms with van der Waals surface area (Å²) in [5.74, 6) is 0.982. The SMILES string of the molecule is Cc1noc(C(C)(C)C)c1I. The van der Waals surface area contributed by atoms with Gasteiger partial charge in [0.05, 0.1) is 9.26 Å². The van der Waals surface area contributed by atoms with Gasteiger partial charge in [-0.25, -0.2) is 0 Å². The third-order valence-electron chi connectivity index (χ3n) is 1.47. The lowest BCUT2D eigenvalue weighted by Gasteiger charge is -2.13. The molecule has 0 aromatic carbocycles. The van der Waals surface area contributed by atoms with Crippen LogP contribution in [0.3, 0.4) is 0 Å². The molecule has 1 aromatic heterocycles. The fourth-order valence-electron chi connectivity index (χ4n) is 0.825. The van der Waals surface area contributed by atoms with Gasteiger partial charge in [0.2, 0.25) is 0 Å². The molecule has 0 aliphatic carbocycles. The van der Waals surface area contributed by atoms with Crippen molar-refractivity contribution >= 4 is 22.6 Å². The van der Waals surface area contributed by atoms with Crippen LogP contribution in [0.5, 0.6) is 0 Å². The molecule has 0 fully saturated rings. The normalized spacial score (nSPS) is 12.1. The quantitative estimate of drug-likeness (QED) is 0.674. The third kappa shape index (κ3) is 1.75. The van der Waals surface area contributed by atoms with Crippen LogP contribution in [0.15, 0.2) is 4.52 Å². The molecule has 0 saturated carbocycles. The number of hydrogen-bond acceptors (Lipinski definition) is 2. The Balaban J connectivity index is 3.15. The predicted molar refractivity (Wildman–Crippen MR) is 52.7 cm³/mol. The molecular weight excluding hydrogens is 253 g/mol. The molecule has 1 aromatic rings. The van der Waals surface area contributed by atoms with Gasteiger partial charge in [0.1, 0.15) is 0 Å². The van der Waals surface area contributed by atoms with Crippen molar-refractivity contribution in [2.24, 2.45) is 0 Å². The molecule has 0 atom stereocenters. The van der Waals surface area contributed by atoms with Crippen molar-refractivity contribution in [3.8, 4) is 0 Å². The summed E-state index contributed by atoms with van der Waals surface area (Å²) in [6.07, 6.45) is 0. The van der Waals surface area contributed by atoms with Gasteiger partial charge in [0.25, 0.3) is 0 Å². The van der Waals surface area contributed by atoms with Crippen molar-refractivity contribution in [2.75, 3.05) is 0 Å². The van der Waals surface area contributed by atoms with Crippen LogP contribution in [-0.4, -0.2) is 5.16 Å². The smallest absolute Gasteiger partial charge is 0.155 e. The second-order valence-electron chi connectivity index (χ2n) is 3.66. The van der Waals surface area contributed by atoms with E-state index in [1.807, 2.05) is 6.92 Å². The molecule has 0 aliphatic heterocycles. The number of nitrogens with zero attached hydrogens (tertiary/aromatic N) is 1. The van der Waals surface area contributed by atoms with E-state index in [1.54, 1.807) is 0 Å². The molecule has 0 spiro atoms. The van der Waals surface area contributed by atoms with E-state index in [9.17, 15) is 0 Å². The van der Waals surface area contributed by atoms with Crippen molar-refractivity contribution < 1.29 is 4.52 Å². The monoisotopic (exact) mass is 265 g/mol. The molecular formula is C8H12INO. The van der Waals surface area contributed by atoms with E-state index in [2.05, 4.69) is 48.5 Å². The summed E-state index contributed by atoms with van der Waals surface area (Å²) in [6.45, 7) is 8.32.